The molecule has 0 unspecified atom stereocenters. The SMILES string of the molecule is COc1cc([C@@H](Nc2ccc3c(N)nccc3c2)C(=O)N2CC[C@@H](OC(=O)O)[C@@H]2c2ccccc2S(=O)(=O)C2CC2)ccc1F. The number of rotatable bonds is 9. The zero-order chi connectivity index (χ0) is 31.9. The number of hydrogen-bond donors (Lipinski definition) is 3. The number of benzene rings is 3. The van der Waals surface area contributed by atoms with Crippen molar-refractivity contribution in [3.8, 4) is 5.75 Å². The molecule has 1 saturated heterocycles. The van der Waals surface area contributed by atoms with E-state index in [1.807, 2.05) is 0 Å². The molecule has 13 heteroatoms. The number of sulfone groups is 1. The Hall–Kier alpha value is -4.91. The number of carbonyl (C=O) groups is 2. The number of nitrogen functional groups attached to an aromatic ring is 1. The number of pyridine rings is 1. The van der Waals surface area contributed by atoms with Crippen molar-refractivity contribution in [2.24, 2.45) is 0 Å². The molecule has 4 N–H and O–H groups in total. The van der Waals surface area contributed by atoms with Crippen LogP contribution in [0.2, 0.25) is 0 Å². The summed E-state index contributed by atoms with van der Waals surface area (Å²) in [7, 11) is -2.41. The van der Waals surface area contributed by atoms with Gasteiger partial charge in [-0.05, 0) is 71.8 Å². The minimum Gasteiger partial charge on any atom is -0.494 e. The van der Waals surface area contributed by atoms with Gasteiger partial charge in [0.15, 0.2) is 21.4 Å². The first-order valence-corrected chi connectivity index (χ1v) is 15.9. The van der Waals surface area contributed by atoms with Crippen LogP contribution in [0.25, 0.3) is 10.8 Å². The molecule has 6 rings (SSSR count). The summed E-state index contributed by atoms with van der Waals surface area (Å²) in [6.45, 7) is 0.0791. The maximum atomic E-state index is 14.6. The molecule has 0 radical (unpaired) electrons. The van der Waals surface area contributed by atoms with Gasteiger partial charge in [0.25, 0.3) is 0 Å². The van der Waals surface area contributed by atoms with Crippen LogP contribution in [-0.2, 0) is 19.4 Å². The summed E-state index contributed by atoms with van der Waals surface area (Å²) in [5.74, 6) is -0.845. The zero-order valence-corrected chi connectivity index (χ0v) is 25.0. The lowest BCUT2D eigenvalue weighted by Crippen LogP contribution is -2.40. The molecule has 2 heterocycles. The third kappa shape index (κ3) is 5.82. The van der Waals surface area contributed by atoms with E-state index in [4.69, 9.17) is 15.2 Å². The first-order valence-electron chi connectivity index (χ1n) is 14.4. The highest BCUT2D eigenvalue weighted by molar-refractivity contribution is 7.92. The Morgan fingerprint density at radius 1 is 1.09 bits per heavy atom. The Morgan fingerprint density at radius 2 is 1.87 bits per heavy atom. The van der Waals surface area contributed by atoms with Crippen molar-refractivity contribution in [1.29, 1.82) is 0 Å². The number of aromatic nitrogens is 1. The summed E-state index contributed by atoms with van der Waals surface area (Å²) in [6.07, 6.45) is 0.212. The molecule has 11 nitrogen and oxygen atoms in total. The molecule has 45 heavy (non-hydrogen) atoms. The third-order valence-electron chi connectivity index (χ3n) is 8.25. The number of nitrogens with zero attached hydrogens (tertiary/aromatic N) is 2. The highest BCUT2D eigenvalue weighted by Gasteiger charge is 2.46. The zero-order valence-electron chi connectivity index (χ0n) is 24.2. The lowest BCUT2D eigenvalue weighted by Gasteiger charge is -2.33. The third-order valence-corrected chi connectivity index (χ3v) is 10.6. The van der Waals surface area contributed by atoms with E-state index in [1.54, 1.807) is 48.7 Å². The van der Waals surface area contributed by atoms with Crippen molar-refractivity contribution in [2.75, 3.05) is 24.7 Å². The van der Waals surface area contributed by atoms with Gasteiger partial charge in [-0.3, -0.25) is 4.79 Å². The van der Waals surface area contributed by atoms with Crippen LogP contribution in [0.15, 0.2) is 77.8 Å². The van der Waals surface area contributed by atoms with Crippen molar-refractivity contribution in [3.63, 3.8) is 0 Å². The van der Waals surface area contributed by atoms with Crippen LogP contribution in [0.5, 0.6) is 5.75 Å². The van der Waals surface area contributed by atoms with E-state index in [2.05, 4.69) is 10.3 Å². The molecule has 3 aromatic carbocycles. The Balaban J connectivity index is 1.44. The van der Waals surface area contributed by atoms with Gasteiger partial charge >= 0.3 is 6.16 Å². The summed E-state index contributed by atoms with van der Waals surface area (Å²) in [4.78, 5) is 31.9. The van der Waals surface area contributed by atoms with Crippen LogP contribution in [-0.4, -0.2) is 60.5 Å². The molecular formula is C32H31FN4O7S. The van der Waals surface area contributed by atoms with E-state index < -0.39 is 51.2 Å². The first kappa shape index (κ1) is 30.1. The number of carboxylic acid groups (broad SMARTS) is 1. The van der Waals surface area contributed by atoms with E-state index in [9.17, 15) is 27.5 Å². The Labute approximate surface area is 258 Å². The monoisotopic (exact) mass is 634 g/mol. The van der Waals surface area contributed by atoms with Crippen molar-refractivity contribution < 1.29 is 37.0 Å². The van der Waals surface area contributed by atoms with Crippen LogP contribution in [0.3, 0.4) is 0 Å². The average molecular weight is 635 g/mol. The lowest BCUT2D eigenvalue weighted by atomic mass is 9.99. The molecule has 1 saturated carbocycles. The highest BCUT2D eigenvalue weighted by Crippen LogP contribution is 2.43. The number of nitrogens with two attached hydrogens (primary N) is 1. The van der Waals surface area contributed by atoms with Gasteiger partial charge in [0.1, 0.15) is 18.0 Å². The van der Waals surface area contributed by atoms with E-state index >= 15 is 0 Å². The number of amides is 1. The molecule has 0 spiro atoms. The van der Waals surface area contributed by atoms with Gasteiger partial charge < -0.3 is 30.5 Å². The minimum absolute atomic E-state index is 0.0462. The van der Waals surface area contributed by atoms with Crippen molar-refractivity contribution >= 4 is 44.2 Å². The smallest absolute Gasteiger partial charge is 0.494 e. The second-order valence-corrected chi connectivity index (χ2v) is 13.3. The molecule has 2 fully saturated rings. The number of anilines is 2. The topological polar surface area (TPSA) is 161 Å². The van der Waals surface area contributed by atoms with Crippen LogP contribution < -0.4 is 15.8 Å². The van der Waals surface area contributed by atoms with E-state index in [0.717, 1.165) is 10.8 Å². The molecule has 234 valence electrons. The number of methoxy groups -OCH3 is 1. The minimum atomic E-state index is -3.72. The second-order valence-electron chi connectivity index (χ2n) is 11.1. The molecule has 2 aliphatic rings. The number of carbonyl (C=O) groups excluding carboxylic acids is 1. The van der Waals surface area contributed by atoms with Gasteiger partial charge in [-0.1, -0.05) is 24.3 Å². The van der Waals surface area contributed by atoms with Gasteiger partial charge in [-0.25, -0.2) is 22.6 Å². The predicted molar refractivity (Wildman–Crippen MR) is 164 cm³/mol. The average Bonchev–Trinajstić information content (AvgIpc) is 3.81. The Bertz CT molecular complexity index is 1900. The lowest BCUT2D eigenvalue weighted by molar-refractivity contribution is -0.134. The van der Waals surface area contributed by atoms with Crippen LogP contribution in [0, 0.1) is 5.82 Å². The van der Waals surface area contributed by atoms with Gasteiger partial charge in [-0.15, -0.1) is 0 Å². The molecule has 1 amide bonds. The Kier molecular flexibility index (Phi) is 7.96. The molecule has 3 atom stereocenters. The van der Waals surface area contributed by atoms with Crippen LogP contribution in [0.1, 0.15) is 42.5 Å². The fraction of sp³-hybridized carbons (Fsp3) is 0.281. The fourth-order valence-electron chi connectivity index (χ4n) is 5.94. The summed E-state index contributed by atoms with van der Waals surface area (Å²) >= 11 is 0. The molecule has 1 aromatic heterocycles. The van der Waals surface area contributed by atoms with Gasteiger partial charge in [-0.2, -0.15) is 0 Å². The fourth-order valence-corrected chi connectivity index (χ4v) is 7.84. The van der Waals surface area contributed by atoms with Crippen molar-refractivity contribution in [2.45, 2.75) is 47.6 Å². The van der Waals surface area contributed by atoms with Gasteiger partial charge in [0.05, 0.1) is 23.3 Å². The van der Waals surface area contributed by atoms with E-state index in [1.165, 1.54) is 36.3 Å². The summed E-state index contributed by atoms with van der Waals surface area (Å²) in [6, 6.07) is 15.3. The summed E-state index contributed by atoms with van der Waals surface area (Å²) in [5, 5.41) is 13.8. The summed E-state index contributed by atoms with van der Waals surface area (Å²) < 4.78 is 51.8. The molecule has 0 bridgehead atoms. The maximum Gasteiger partial charge on any atom is 0.506 e. The number of fused-ring (bicyclic) bond motifs is 1. The largest absolute Gasteiger partial charge is 0.506 e. The molecule has 1 aliphatic carbocycles. The van der Waals surface area contributed by atoms with E-state index in [-0.39, 0.29) is 29.2 Å². The number of nitrogens with one attached hydrogen (secondary N) is 1. The number of likely N-dealkylation sites (tertiary alicyclic amines) is 1. The second kappa shape index (κ2) is 11.9. The molecular weight excluding hydrogens is 603 g/mol. The van der Waals surface area contributed by atoms with Crippen molar-refractivity contribution in [1.82, 2.24) is 9.88 Å². The summed E-state index contributed by atoms with van der Waals surface area (Å²) in [5.41, 5.74) is 7.21. The normalized spacial score (nSPS) is 18.8. The van der Waals surface area contributed by atoms with Crippen LogP contribution >= 0.6 is 0 Å². The highest BCUT2D eigenvalue weighted by atomic mass is 32.2. The van der Waals surface area contributed by atoms with Gasteiger partial charge in [0, 0.05) is 30.2 Å². The maximum absolute atomic E-state index is 14.6. The van der Waals surface area contributed by atoms with Crippen molar-refractivity contribution in [3.05, 3.63) is 89.9 Å². The van der Waals surface area contributed by atoms with Crippen LogP contribution in [0.4, 0.5) is 20.7 Å². The first-order chi connectivity index (χ1) is 21.6. The molecule has 4 aromatic rings. The Morgan fingerprint density at radius 3 is 2.60 bits per heavy atom. The van der Waals surface area contributed by atoms with Gasteiger partial charge in [0.2, 0.25) is 5.91 Å². The molecule has 1 aliphatic heterocycles. The number of ether oxygens (including phenoxy) is 2. The standard InChI is InChI=1S/C32H31FN4O7S/c1-43-26-17-19(6-11-24(26)33)28(36-20-7-10-22-18(16-20)12-14-35-30(22)34)31(38)37-15-13-25(44-32(39)40)29(37)23-4-2-3-5-27(23)45(41,42)21-8-9-21/h2-7,10-12,14,16-17,21,25,28-29,36H,8-9,13,15H2,1H3,(H2,34,35)(H,39,40)/t25-,28-,29+/m1/s1. The number of halogens is 1. The number of hydrogen-bond acceptors (Lipinski definition) is 9. The predicted octanol–water partition coefficient (Wildman–Crippen LogP) is 5.09. The van der Waals surface area contributed by atoms with E-state index in [0.29, 0.717) is 29.9 Å². The quantitative estimate of drug-likeness (QED) is 0.212.